The Hall–Kier alpha value is -4.05. The third-order valence-electron chi connectivity index (χ3n) is 5.08. The predicted molar refractivity (Wildman–Crippen MR) is 122 cm³/mol. The summed E-state index contributed by atoms with van der Waals surface area (Å²) in [7, 11) is 3.14. The number of hydrogen-bond acceptors (Lipinski definition) is 7. The summed E-state index contributed by atoms with van der Waals surface area (Å²) in [6.07, 6.45) is 2.89. The summed E-state index contributed by atoms with van der Waals surface area (Å²) < 4.78 is 21.4. The first-order valence-electron chi connectivity index (χ1n) is 10.3. The second-order valence-corrected chi connectivity index (χ2v) is 7.34. The summed E-state index contributed by atoms with van der Waals surface area (Å²) in [6, 6.07) is 11.6. The molecule has 1 atom stereocenters. The van der Waals surface area contributed by atoms with E-state index in [9.17, 15) is 9.59 Å². The van der Waals surface area contributed by atoms with Gasteiger partial charge in [0, 0.05) is 36.6 Å². The van der Waals surface area contributed by atoms with Gasteiger partial charge in [0.05, 0.1) is 32.1 Å². The SMILES string of the molecule is COc1cc(NC(=O)Nc2cccc(N(C)C(=O)OC3CCOC3)c2)ccc1-c1cnco1. The molecule has 1 unspecified atom stereocenters. The molecule has 10 nitrogen and oxygen atoms in total. The number of nitrogens with one attached hydrogen (secondary N) is 2. The number of urea groups is 1. The number of aromatic nitrogens is 1. The molecule has 0 aliphatic carbocycles. The minimum atomic E-state index is -0.481. The molecule has 10 heteroatoms. The zero-order valence-corrected chi connectivity index (χ0v) is 18.2. The smallest absolute Gasteiger partial charge is 0.414 e. The van der Waals surface area contributed by atoms with Crippen molar-refractivity contribution in [2.45, 2.75) is 12.5 Å². The number of amides is 3. The summed E-state index contributed by atoms with van der Waals surface area (Å²) >= 11 is 0. The second kappa shape index (κ2) is 10.0. The third-order valence-corrected chi connectivity index (χ3v) is 5.08. The van der Waals surface area contributed by atoms with Crippen molar-refractivity contribution < 1.29 is 28.2 Å². The number of anilines is 3. The molecule has 4 rings (SSSR count). The number of rotatable bonds is 6. The van der Waals surface area contributed by atoms with Crippen molar-refractivity contribution in [1.82, 2.24) is 4.98 Å². The highest BCUT2D eigenvalue weighted by Crippen LogP contribution is 2.32. The molecular weight excluding hydrogens is 428 g/mol. The molecule has 0 bridgehead atoms. The van der Waals surface area contributed by atoms with Crippen LogP contribution < -0.4 is 20.3 Å². The van der Waals surface area contributed by atoms with E-state index < -0.39 is 12.1 Å². The molecule has 0 radical (unpaired) electrons. The van der Waals surface area contributed by atoms with Gasteiger partial charge in [0.25, 0.3) is 0 Å². The highest BCUT2D eigenvalue weighted by molar-refractivity contribution is 6.00. The second-order valence-electron chi connectivity index (χ2n) is 7.34. The fourth-order valence-electron chi connectivity index (χ4n) is 3.34. The lowest BCUT2D eigenvalue weighted by molar-refractivity contribution is 0.0890. The third kappa shape index (κ3) is 5.42. The average molecular weight is 452 g/mol. The fraction of sp³-hybridized carbons (Fsp3) is 0.261. The van der Waals surface area contributed by atoms with E-state index in [4.69, 9.17) is 18.6 Å². The highest BCUT2D eigenvalue weighted by atomic mass is 16.6. The number of carbonyl (C=O) groups is 2. The first-order chi connectivity index (χ1) is 16.0. The van der Waals surface area contributed by atoms with E-state index in [0.29, 0.717) is 53.8 Å². The number of hydrogen-bond donors (Lipinski definition) is 2. The summed E-state index contributed by atoms with van der Waals surface area (Å²) in [5, 5.41) is 5.52. The van der Waals surface area contributed by atoms with Crippen LogP contribution in [-0.4, -0.2) is 50.6 Å². The molecule has 1 saturated heterocycles. The van der Waals surface area contributed by atoms with Crippen LogP contribution in [0.15, 0.2) is 59.5 Å². The molecule has 1 aromatic heterocycles. The van der Waals surface area contributed by atoms with Gasteiger partial charge >= 0.3 is 12.1 Å². The molecule has 33 heavy (non-hydrogen) atoms. The van der Waals surface area contributed by atoms with Crippen LogP contribution in [0.2, 0.25) is 0 Å². The zero-order chi connectivity index (χ0) is 23.2. The number of carbonyl (C=O) groups excluding carboxylic acids is 2. The van der Waals surface area contributed by atoms with E-state index >= 15 is 0 Å². The fourth-order valence-corrected chi connectivity index (χ4v) is 3.34. The van der Waals surface area contributed by atoms with Gasteiger partial charge in [-0.3, -0.25) is 4.90 Å². The Morgan fingerprint density at radius 1 is 1.15 bits per heavy atom. The molecule has 1 aliphatic rings. The normalized spacial score (nSPS) is 15.0. The summed E-state index contributed by atoms with van der Waals surface area (Å²) in [6.45, 7) is 0.996. The predicted octanol–water partition coefficient (Wildman–Crippen LogP) is 4.36. The van der Waals surface area contributed by atoms with E-state index in [1.54, 1.807) is 55.7 Å². The minimum Gasteiger partial charge on any atom is -0.496 e. The first-order valence-corrected chi connectivity index (χ1v) is 10.3. The van der Waals surface area contributed by atoms with Crippen molar-refractivity contribution in [2.24, 2.45) is 0 Å². The minimum absolute atomic E-state index is 0.237. The van der Waals surface area contributed by atoms with Crippen LogP contribution >= 0.6 is 0 Å². The Morgan fingerprint density at radius 2 is 1.97 bits per heavy atom. The molecule has 3 amide bonds. The Kier molecular flexibility index (Phi) is 6.75. The van der Waals surface area contributed by atoms with Crippen molar-refractivity contribution in [2.75, 3.05) is 42.9 Å². The Bertz CT molecular complexity index is 1110. The van der Waals surface area contributed by atoms with Gasteiger partial charge in [-0.25, -0.2) is 14.6 Å². The average Bonchev–Trinajstić information content (AvgIpc) is 3.53. The Balaban J connectivity index is 1.39. The van der Waals surface area contributed by atoms with Crippen LogP contribution in [0.4, 0.5) is 26.7 Å². The number of nitrogens with zero attached hydrogens (tertiary/aromatic N) is 2. The zero-order valence-electron chi connectivity index (χ0n) is 18.2. The van der Waals surface area contributed by atoms with Crippen LogP contribution in [0.25, 0.3) is 11.3 Å². The Labute approximate surface area is 190 Å². The number of benzene rings is 2. The maximum Gasteiger partial charge on any atom is 0.414 e. The lowest BCUT2D eigenvalue weighted by atomic mass is 10.1. The van der Waals surface area contributed by atoms with E-state index in [1.165, 1.54) is 18.4 Å². The van der Waals surface area contributed by atoms with E-state index in [-0.39, 0.29) is 6.10 Å². The van der Waals surface area contributed by atoms with Crippen LogP contribution in [0.3, 0.4) is 0 Å². The number of ether oxygens (including phenoxy) is 3. The van der Waals surface area contributed by atoms with E-state index in [1.807, 2.05) is 0 Å². The highest BCUT2D eigenvalue weighted by Gasteiger charge is 2.22. The van der Waals surface area contributed by atoms with Crippen molar-refractivity contribution in [3.63, 3.8) is 0 Å². The largest absolute Gasteiger partial charge is 0.496 e. The van der Waals surface area contributed by atoms with E-state index in [2.05, 4.69) is 15.6 Å². The molecule has 1 aliphatic heterocycles. The quantitative estimate of drug-likeness (QED) is 0.571. The topological polar surface area (TPSA) is 115 Å². The maximum absolute atomic E-state index is 12.5. The standard InChI is InChI=1S/C23H24N4O6/c1-27(23(29)33-18-8-9-31-13-18)17-5-3-4-15(10-17)25-22(28)26-16-6-7-19(20(11-16)30-2)21-12-24-14-32-21/h3-7,10-12,14,18H,8-9,13H2,1-2H3,(H2,25,26,28). The Morgan fingerprint density at radius 3 is 2.67 bits per heavy atom. The molecule has 2 N–H and O–H groups in total. The first kappa shape index (κ1) is 22.2. The van der Waals surface area contributed by atoms with Crippen LogP contribution in [0.5, 0.6) is 5.75 Å². The molecule has 2 aromatic carbocycles. The van der Waals surface area contributed by atoms with Gasteiger partial charge in [0.2, 0.25) is 0 Å². The van der Waals surface area contributed by atoms with Crippen LogP contribution in [-0.2, 0) is 9.47 Å². The van der Waals surface area contributed by atoms with Crippen molar-refractivity contribution >= 4 is 29.2 Å². The maximum atomic E-state index is 12.5. The van der Waals surface area contributed by atoms with E-state index in [0.717, 1.165) is 0 Å². The van der Waals surface area contributed by atoms with Crippen molar-refractivity contribution in [3.8, 4) is 17.1 Å². The lowest BCUT2D eigenvalue weighted by Crippen LogP contribution is -2.31. The molecule has 0 saturated carbocycles. The monoisotopic (exact) mass is 452 g/mol. The van der Waals surface area contributed by atoms with Gasteiger partial charge in [-0.15, -0.1) is 0 Å². The summed E-state index contributed by atoms with van der Waals surface area (Å²) in [5.74, 6) is 1.09. The van der Waals surface area contributed by atoms with Gasteiger partial charge in [0.15, 0.2) is 12.2 Å². The molecule has 0 spiro atoms. The molecular formula is C23H24N4O6. The van der Waals surface area contributed by atoms with Gasteiger partial charge in [0.1, 0.15) is 11.9 Å². The van der Waals surface area contributed by atoms with Crippen LogP contribution in [0.1, 0.15) is 6.42 Å². The van der Waals surface area contributed by atoms with Crippen molar-refractivity contribution in [3.05, 3.63) is 55.1 Å². The van der Waals surface area contributed by atoms with Gasteiger partial charge in [-0.05, 0) is 30.3 Å². The van der Waals surface area contributed by atoms with Gasteiger partial charge < -0.3 is 29.3 Å². The van der Waals surface area contributed by atoms with Gasteiger partial charge in [-0.2, -0.15) is 0 Å². The van der Waals surface area contributed by atoms with Crippen molar-refractivity contribution in [1.29, 1.82) is 0 Å². The number of methoxy groups -OCH3 is 1. The summed E-state index contributed by atoms with van der Waals surface area (Å²) in [4.78, 5) is 30.2. The number of oxazole rings is 1. The summed E-state index contributed by atoms with van der Waals surface area (Å²) in [5.41, 5.74) is 2.34. The van der Waals surface area contributed by atoms with Gasteiger partial charge in [-0.1, -0.05) is 6.07 Å². The molecule has 172 valence electrons. The lowest BCUT2D eigenvalue weighted by Gasteiger charge is -2.20. The van der Waals surface area contributed by atoms with Crippen LogP contribution in [0, 0.1) is 0 Å². The molecule has 3 aromatic rings. The molecule has 1 fully saturated rings. The molecule has 2 heterocycles.